The first kappa shape index (κ1) is 13.2. The molecular formula is C13H14ClN4O2+. The number of ether oxygens (including phenoxy) is 1. The van der Waals surface area contributed by atoms with E-state index in [1.54, 1.807) is 12.3 Å². The number of H-pyrrole nitrogens is 1. The standard InChI is InChI=1S/C13H13ClN4O2/c14-13-12(17-19)9(4-6-15-13)10-5-7-18(16-10)11-3-1-2-8-20-11/h4-7,11H,1-3,8H2/p+1. The van der Waals surface area contributed by atoms with Crippen LogP contribution in [0.15, 0.2) is 29.7 Å². The third-order valence-corrected chi connectivity index (χ3v) is 3.65. The van der Waals surface area contributed by atoms with Gasteiger partial charge in [-0.05, 0) is 24.1 Å². The average Bonchev–Trinajstić information content (AvgIpc) is 2.97. The van der Waals surface area contributed by atoms with E-state index in [-0.39, 0.29) is 17.1 Å². The molecule has 6 nitrogen and oxygen atoms in total. The van der Waals surface area contributed by atoms with Crippen LogP contribution in [0.2, 0.25) is 5.15 Å². The van der Waals surface area contributed by atoms with E-state index in [1.165, 1.54) is 0 Å². The molecule has 1 N–H and O–H groups in total. The molecule has 7 heteroatoms. The molecule has 1 aliphatic heterocycles. The van der Waals surface area contributed by atoms with Crippen molar-refractivity contribution in [3.63, 3.8) is 0 Å². The SMILES string of the molecule is O=Nc1c(-c2cc[n+](C3CCCCO3)[nH]2)ccnc1Cl. The zero-order valence-electron chi connectivity index (χ0n) is 10.8. The first-order valence-electron chi connectivity index (χ1n) is 6.49. The van der Waals surface area contributed by atoms with Crippen molar-refractivity contribution in [3.8, 4) is 11.3 Å². The largest absolute Gasteiger partial charge is 0.319 e. The maximum Gasteiger partial charge on any atom is 0.285 e. The van der Waals surface area contributed by atoms with Gasteiger partial charge in [0.05, 0.1) is 6.61 Å². The van der Waals surface area contributed by atoms with Gasteiger partial charge in [-0.15, -0.1) is 4.91 Å². The summed E-state index contributed by atoms with van der Waals surface area (Å²) in [4.78, 5) is 14.8. The molecular weight excluding hydrogens is 280 g/mol. The topological polar surface area (TPSA) is 71.2 Å². The van der Waals surface area contributed by atoms with Gasteiger partial charge in [0.25, 0.3) is 6.23 Å². The maximum absolute atomic E-state index is 10.9. The Kier molecular flexibility index (Phi) is 3.75. The summed E-state index contributed by atoms with van der Waals surface area (Å²) in [6, 6.07) is 3.58. The highest BCUT2D eigenvalue weighted by molar-refractivity contribution is 6.32. The van der Waals surface area contributed by atoms with Crippen LogP contribution >= 0.6 is 11.6 Å². The summed E-state index contributed by atoms with van der Waals surface area (Å²) in [5, 5.41) is 6.27. The van der Waals surface area contributed by atoms with E-state index in [0.717, 1.165) is 31.6 Å². The van der Waals surface area contributed by atoms with Gasteiger partial charge in [-0.25, -0.2) is 4.98 Å². The summed E-state index contributed by atoms with van der Waals surface area (Å²) >= 11 is 5.88. The van der Waals surface area contributed by atoms with Crippen molar-refractivity contribution < 1.29 is 9.42 Å². The second kappa shape index (κ2) is 5.68. The van der Waals surface area contributed by atoms with Crippen molar-refractivity contribution in [3.05, 3.63) is 34.6 Å². The molecule has 0 amide bonds. The number of hydrogen-bond donors (Lipinski definition) is 1. The van der Waals surface area contributed by atoms with Gasteiger partial charge in [0.2, 0.25) is 0 Å². The molecule has 1 aliphatic rings. The number of halogens is 1. The number of nitrogens with one attached hydrogen (secondary N) is 1. The summed E-state index contributed by atoms with van der Waals surface area (Å²) in [6.07, 6.45) is 6.68. The molecule has 3 heterocycles. The number of aromatic amines is 1. The van der Waals surface area contributed by atoms with Crippen LogP contribution in [0, 0.1) is 4.91 Å². The first-order valence-corrected chi connectivity index (χ1v) is 6.87. The molecule has 1 saturated heterocycles. The summed E-state index contributed by atoms with van der Waals surface area (Å²) in [7, 11) is 0. The molecule has 1 fully saturated rings. The number of hydrogen-bond acceptors (Lipinski definition) is 4. The van der Waals surface area contributed by atoms with Gasteiger partial charge in [-0.3, -0.25) is 0 Å². The molecule has 3 rings (SSSR count). The van der Waals surface area contributed by atoms with Gasteiger partial charge >= 0.3 is 0 Å². The first-order chi connectivity index (χ1) is 9.79. The smallest absolute Gasteiger partial charge is 0.285 e. The number of nitroso groups, excluding NO2 is 1. The van der Waals surface area contributed by atoms with E-state index in [1.807, 2.05) is 16.9 Å². The van der Waals surface area contributed by atoms with Gasteiger partial charge in [-0.1, -0.05) is 16.3 Å². The third-order valence-electron chi connectivity index (χ3n) is 3.38. The Labute approximate surface area is 120 Å². The normalized spacial score (nSPS) is 18.9. The van der Waals surface area contributed by atoms with E-state index in [0.29, 0.717) is 5.56 Å². The molecule has 2 aromatic rings. The average molecular weight is 294 g/mol. The lowest BCUT2D eigenvalue weighted by Gasteiger charge is -2.15. The molecule has 1 atom stereocenters. The Hall–Kier alpha value is -1.79. The summed E-state index contributed by atoms with van der Waals surface area (Å²) < 4.78 is 7.60. The Balaban J connectivity index is 1.93. The van der Waals surface area contributed by atoms with E-state index in [4.69, 9.17) is 16.3 Å². The molecule has 20 heavy (non-hydrogen) atoms. The molecule has 2 aromatic heterocycles. The van der Waals surface area contributed by atoms with Crippen LogP contribution in [-0.2, 0) is 4.74 Å². The molecule has 104 valence electrons. The number of pyridine rings is 1. The van der Waals surface area contributed by atoms with Crippen LogP contribution in [0.25, 0.3) is 11.3 Å². The highest BCUT2D eigenvalue weighted by Crippen LogP contribution is 2.33. The van der Waals surface area contributed by atoms with Gasteiger partial charge in [0.15, 0.2) is 17.0 Å². The quantitative estimate of drug-likeness (QED) is 0.537. The van der Waals surface area contributed by atoms with Gasteiger partial charge < -0.3 is 4.74 Å². The van der Waals surface area contributed by atoms with E-state index in [9.17, 15) is 4.91 Å². The van der Waals surface area contributed by atoms with E-state index < -0.39 is 0 Å². The third kappa shape index (κ3) is 2.44. The van der Waals surface area contributed by atoms with Gasteiger partial charge in [0.1, 0.15) is 5.69 Å². The zero-order chi connectivity index (χ0) is 13.9. The van der Waals surface area contributed by atoms with Crippen molar-refractivity contribution in [2.75, 3.05) is 6.61 Å². The lowest BCUT2D eigenvalue weighted by Crippen LogP contribution is -2.43. The molecule has 0 bridgehead atoms. The van der Waals surface area contributed by atoms with E-state index in [2.05, 4.69) is 15.3 Å². The van der Waals surface area contributed by atoms with Crippen LogP contribution in [-0.4, -0.2) is 16.7 Å². The molecule has 0 aliphatic carbocycles. The number of aromatic nitrogens is 3. The predicted molar refractivity (Wildman–Crippen MR) is 73.5 cm³/mol. The predicted octanol–water partition coefficient (Wildman–Crippen LogP) is 3.11. The fourth-order valence-corrected chi connectivity index (χ4v) is 2.55. The number of nitrogens with zero attached hydrogens (tertiary/aromatic N) is 3. The molecule has 0 aromatic carbocycles. The Morgan fingerprint density at radius 3 is 3.10 bits per heavy atom. The van der Waals surface area contributed by atoms with Gasteiger partial charge in [-0.2, -0.15) is 5.10 Å². The summed E-state index contributed by atoms with van der Waals surface area (Å²) in [5.74, 6) is 0. The minimum atomic E-state index is 0.0162. The maximum atomic E-state index is 10.9. The van der Waals surface area contributed by atoms with Crippen molar-refractivity contribution in [1.29, 1.82) is 0 Å². The van der Waals surface area contributed by atoms with Crippen molar-refractivity contribution in [1.82, 2.24) is 10.1 Å². The summed E-state index contributed by atoms with van der Waals surface area (Å²) in [6.45, 7) is 0.772. The Morgan fingerprint density at radius 2 is 2.35 bits per heavy atom. The van der Waals surface area contributed by atoms with Crippen LogP contribution in [0.1, 0.15) is 25.5 Å². The van der Waals surface area contributed by atoms with E-state index >= 15 is 0 Å². The monoisotopic (exact) mass is 293 g/mol. The molecule has 0 spiro atoms. The fourth-order valence-electron chi connectivity index (χ4n) is 2.36. The van der Waals surface area contributed by atoms with Crippen LogP contribution in [0.4, 0.5) is 5.69 Å². The minimum Gasteiger partial charge on any atom is -0.319 e. The molecule has 1 unspecified atom stereocenters. The zero-order valence-corrected chi connectivity index (χ0v) is 11.5. The molecule has 0 saturated carbocycles. The van der Waals surface area contributed by atoms with Gasteiger partial charge in [0, 0.05) is 24.2 Å². The number of rotatable bonds is 3. The van der Waals surface area contributed by atoms with Crippen molar-refractivity contribution in [2.45, 2.75) is 25.5 Å². The highest BCUT2D eigenvalue weighted by Gasteiger charge is 2.25. The van der Waals surface area contributed by atoms with Crippen molar-refractivity contribution in [2.24, 2.45) is 5.18 Å². The molecule has 0 radical (unpaired) electrons. The van der Waals surface area contributed by atoms with Crippen LogP contribution in [0.5, 0.6) is 0 Å². The van der Waals surface area contributed by atoms with Crippen LogP contribution in [0.3, 0.4) is 0 Å². The Bertz CT molecular complexity index is 623. The lowest BCUT2D eigenvalue weighted by atomic mass is 10.2. The van der Waals surface area contributed by atoms with Crippen molar-refractivity contribution >= 4 is 17.3 Å². The highest BCUT2D eigenvalue weighted by atomic mass is 35.5. The second-order valence-corrected chi connectivity index (χ2v) is 5.02. The minimum absolute atomic E-state index is 0.0162. The Morgan fingerprint density at radius 1 is 1.45 bits per heavy atom. The fraction of sp³-hybridized carbons (Fsp3) is 0.385. The van der Waals surface area contributed by atoms with Crippen LogP contribution < -0.4 is 4.68 Å². The lowest BCUT2D eigenvalue weighted by molar-refractivity contribution is -0.810. The second-order valence-electron chi connectivity index (χ2n) is 4.66. The summed E-state index contributed by atoms with van der Waals surface area (Å²) in [5.41, 5.74) is 1.54.